The number of ketones is 1. The van der Waals surface area contributed by atoms with Gasteiger partial charge in [-0.3, -0.25) is 14.6 Å². The Bertz CT molecular complexity index is 895. The Kier molecular flexibility index (Phi) is 5.84. The standard InChI is InChI=1S/C21H22FN3O3/c1-24(2)12-3-13-25-18(14-4-6-16(22)7-5-14)17(20(27)21(25)28)19(26)15-8-10-23-11-9-15/h4-11,18,26H,3,12-13H2,1-2H3/p+1/t18-/m1/s1. The average Bonchev–Trinajstić information content (AvgIpc) is 2.93. The molecule has 1 aliphatic rings. The molecule has 1 saturated heterocycles. The highest BCUT2D eigenvalue weighted by atomic mass is 19.1. The summed E-state index contributed by atoms with van der Waals surface area (Å²) in [5, 5.41) is 10.8. The summed E-state index contributed by atoms with van der Waals surface area (Å²) in [5.74, 6) is -2.05. The van der Waals surface area contributed by atoms with Gasteiger partial charge < -0.3 is 14.9 Å². The molecule has 0 radical (unpaired) electrons. The molecule has 0 bridgehead atoms. The first-order chi connectivity index (χ1) is 13.4. The molecule has 28 heavy (non-hydrogen) atoms. The van der Waals surface area contributed by atoms with Gasteiger partial charge in [0, 0.05) is 30.9 Å². The minimum atomic E-state index is -0.758. The van der Waals surface area contributed by atoms with Crippen molar-refractivity contribution in [2.75, 3.05) is 27.2 Å². The van der Waals surface area contributed by atoms with E-state index in [0.29, 0.717) is 24.1 Å². The number of benzene rings is 1. The van der Waals surface area contributed by atoms with E-state index in [1.54, 1.807) is 12.1 Å². The fourth-order valence-corrected chi connectivity index (χ4v) is 3.37. The van der Waals surface area contributed by atoms with Gasteiger partial charge in [0.25, 0.3) is 11.7 Å². The Hall–Kier alpha value is -3.06. The fraction of sp³-hybridized carbons (Fsp3) is 0.286. The van der Waals surface area contributed by atoms with Crippen LogP contribution in [0, 0.1) is 5.82 Å². The van der Waals surface area contributed by atoms with Gasteiger partial charge in [-0.2, -0.15) is 0 Å². The van der Waals surface area contributed by atoms with Crippen molar-refractivity contribution in [3.63, 3.8) is 0 Å². The van der Waals surface area contributed by atoms with Crippen molar-refractivity contribution in [3.05, 3.63) is 71.3 Å². The van der Waals surface area contributed by atoms with Gasteiger partial charge in [-0.1, -0.05) is 12.1 Å². The molecule has 2 N–H and O–H groups in total. The molecule has 1 aromatic carbocycles. The van der Waals surface area contributed by atoms with Crippen LogP contribution in [0.1, 0.15) is 23.6 Å². The lowest BCUT2D eigenvalue weighted by Gasteiger charge is -2.25. The zero-order valence-electron chi connectivity index (χ0n) is 15.9. The van der Waals surface area contributed by atoms with E-state index in [9.17, 15) is 19.1 Å². The second kappa shape index (κ2) is 8.31. The molecule has 1 fully saturated rings. The number of Topliss-reactive ketones (excluding diaryl/α,β-unsaturated/α-hetero) is 1. The summed E-state index contributed by atoms with van der Waals surface area (Å²) in [7, 11) is 4.02. The Morgan fingerprint density at radius 1 is 1.14 bits per heavy atom. The Labute approximate surface area is 162 Å². The van der Waals surface area contributed by atoms with Crippen molar-refractivity contribution in [2.24, 2.45) is 0 Å². The number of hydrogen-bond donors (Lipinski definition) is 2. The quantitative estimate of drug-likeness (QED) is 0.446. The molecular weight excluding hydrogens is 361 g/mol. The van der Waals surface area contributed by atoms with Gasteiger partial charge in [0.2, 0.25) is 0 Å². The van der Waals surface area contributed by atoms with E-state index in [4.69, 9.17) is 0 Å². The number of amides is 1. The fourth-order valence-electron chi connectivity index (χ4n) is 3.37. The third kappa shape index (κ3) is 3.94. The summed E-state index contributed by atoms with van der Waals surface area (Å²) in [5.41, 5.74) is 0.992. The summed E-state index contributed by atoms with van der Waals surface area (Å²) in [6, 6.07) is 8.02. The molecule has 2 aromatic rings. The maximum atomic E-state index is 13.4. The number of aliphatic hydroxyl groups excluding tert-OH is 1. The lowest BCUT2D eigenvalue weighted by molar-refractivity contribution is -0.858. The summed E-state index contributed by atoms with van der Waals surface area (Å²) in [6.07, 6.45) is 3.69. The van der Waals surface area contributed by atoms with Gasteiger partial charge in [-0.15, -0.1) is 0 Å². The van der Waals surface area contributed by atoms with Crippen LogP contribution < -0.4 is 4.90 Å². The van der Waals surface area contributed by atoms with Gasteiger partial charge in [0.05, 0.1) is 32.3 Å². The minimum absolute atomic E-state index is 0.0139. The molecule has 0 aliphatic carbocycles. The summed E-state index contributed by atoms with van der Waals surface area (Å²) >= 11 is 0. The lowest BCUT2D eigenvalue weighted by Crippen LogP contribution is -3.05. The number of carbonyl (C=O) groups excluding carboxylic acids is 2. The van der Waals surface area contributed by atoms with Crippen molar-refractivity contribution in [1.82, 2.24) is 9.88 Å². The van der Waals surface area contributed by atoms with Gasteiger partial charge in [-0.05, 0) is 29.8 Å². The predicted molar refractivity (Wildman–Crippen MR) is 102 cm³/mol. The number of quaternary nitrogens is 1. The maximum absolute atomic E-state index is 13.4. The van der Waals surface area contributed by atoms with E-state index < -0.39 is 23.5 Å². The molecule has 1 amide bonds. The van der Waals surface area contributed by atoms with Crippen molar-refractivity contribution in [1.29, 1.82) is 0 Å². The van der Waals surface area contributed by atoms with Crippen LogP contribution in [-0.2, 0) is 9.59 Å². The van der Waals surface area contributed by atoms with Crippen LogP contribution >= 0.6 is 0 Å². The van der Waals surface area contributed by atoms with Gasteiger partial charge in [0.1, 0.15) is 11.6 Å². The highest BCUT2D eigenvalue weighted by Gasteiger charge is 2.45. The Morgan fingerprint density at radius 2 is 1.79 bits per heavy atom. The Morgan fingerprint density at radius 3 is 2.39 bits per heavy atom. The molecule has 0 saturated carbocycles. The molecule has 2 heterocycles. The number of pyridine rings is 1. The summed E-state index contributed by atoms with van der Waals surface area (Å²) in [6.45, 7) is 1.19. The van der Waals surface area contributed by atoms with Crippen molar-refractivity contribution in [3.8, 4) is 0 Å². The van der Waals surface area contributed by atoms with Gasteiger partial charge in [-0.25, -0.2) is 4.39 Å². The molecule has 1 aliphatic heterocycles. The minimum Gasteiger partial charge on any atom is -0.507 e. The number of aliphatic hydroxyl groups is 1. The average molecular weight is 384 g/mol. The van der Waals surface area contributed by atoms with Crippen molar-refractivity contribution < 1.29 is 24.0 Å². The first-order valence-electron chi connectivity index (χ1n) is 9.13. The first kappa shape index (κ1) is 19.7. The molecule has 6 nitrogen and oxygen atoms in total. The predicted octanol–water partition coefficient (Wildman–Crippen LogP) is 1.18. The highest BCUT2D eigenvalue weighted by Crippen LogP contribution is 2.39. The number of nitrogens with one attached hydrogen (secondary N) is 1. The molecule has 146 valence electrons. The van der Waals surface area contributed by atoms with E-state index in [1.165, 1.54) is 46.5 Å². The molecule has 3 rings (SSSR count). The number of rotatable bonds is 6. The zero-order valence-corrected chi connectivity index (χ0v) is 15.9. The second-order valence-electron chi connectivity index (χ2n) is 7.09. The largest absolute Gasteiger partial charge is 0.507 e. The van der Waals surface area contributed by atoms with Crippen LogP contribution in [0.2, 0.25) is 0 Å². The third-order valence-corrected chi connectivity index (χ3v) is 4.76. The number of hydrogen-bond acceptors (Lipinski definition) is 4. The van der Waals surface area contributed by atoms with Crippen LogP contribution in [0.3, 0.4) is 0 Å². The van der Waals surface area contributed by atoms with E-state index in [2.05, 4.69) is 4.98 Å². The van der Waals surface area contributed by atoms with E-state index in [0.717, 1.165) is 6.54 Å². The second-order valence-corrected chi connectivity index (χ2v) is 7.09. The zero-order chi connectivity index (χ0) is 20.3. The molecule has 1 atom stereocenters. The number of nitrogens with zero attached hydrogens (tertiary/aromatic N) is 2. The molecule has 1 aromatic heterocycles. The van der Waals surface area contributed by atoms with Crippen LogP contribution in [0.5, 0.6) is 0 Å². The Balaban J connectivity index is 2.07. The number of aromatic nitrogens is 1. The van der Waals surface area contributed by atoms with E-state index in [-0.39, 0.29) is 11.3 Å². The SMILES string of the molecule is C[NH+](C)CCCN1C(=O)C(=O)C(=C(O)c2ccncc2)[C@H]1c1ccc(F)cc1. The highest BCUT2D eigenvalue weighted by molar-refractivity contribution is 6.46. The third-order valence-electron chi connectivity index (χ3n) is 4.76. The van der Waals surface area contributed by atoms with E-state index in [1.807, 2.05) is 14.1 Å². The van der Waals surface area contributed by atoms with Crippen molar-refractivity contribution in [2.45, 2.75) is 12.5 Å². The van der Waals surface area contributed by atoms with Crippen LogP contribution in [0.15, 0.2) is 54.4 Å². The molecule has 7 heteroatoms. The summed E-state index contributed by atoms with van der Waals surface area (Å²) < 4.78 is 13.4. The topological polar surface area (TPSA) is 74.9 Å². The van der Waals surface area contributed by atoms with Crippen LogP contribution in [0.25, 0.3) is 5.76 Å². The van der Waals surface area contributed by atoms with Gasteiger partial charge >= 0.3 is 0 Å². The van der Waals surface area contributed by atoms with Crippen LogP contribution in [-0.4, -0.2) is 53.9 Å². The normalized spacial score (nSPS) is 18.9. The molecular formula is C21H23FN3O3+. The van der Waals surface area contributed by atoms with E-state index >= 15 is 0 Å². The maximum Gasteiger partial charge on any atom is 0.295 e. The van der Waals surface area contributed by atoms with Crippen LogP contribution in [0.4, 0.5) is 4.39 Å². The monoisotopic (exact) mass is 384 g/mol. The molecule has 0 spiro atoms. The smallest absolute Gasteiger partial charge is 0.295 e. The number of carbonyl (C=O) groups is 2. The van der Waals surface area contributed by atoms with Gasteiger partial charge in [0.15, 0.2) is 0 Å². The summed E-state index contributed by atoms with van der Waals surface area (Å²) in [4.78, 5) is 32.1. The number of halogens is 1. The lowest BCUT2D eigenvalue weighted by atomic mass is 9.95. The van der Waals surface area contributed by atoms with Crippen molar-refractivity contribution >= 4 is 17.4 Å². The molecule has 0 unspecified atom stereocenters. The first-order valence-corrected chi connectivity index (χ1v) is 9.13. The number of likely N-dealkylation sites (tertiary alicyclic amines) is 1.